The van der Waals surface area contributed by atoms with Gasteiger partial charge in [0.25, 0.3) is 11.5 Å². The summed E-state index contributed by atoms with van der Waals surface area (Å²) in [5.41, 5.74) is 1.56. The van der Waals surface area contributed by atoms with Crippen molar-refractivity contribution in [3.05, 3.63) is 38.8 Å². The van der Waals surface area contributed by atoms with Crippen LogP contribution in [-0.2, 0) is 6.54 Å². The standard InChI is InChI=1S/C16H19N5O2S/c1-10-15(24-19-17-10)16(23)20-8-2-3-12(20)9-21-14(22)7-6-13(18-21)11-4-5-11/h6-7,11-12H,2-5,8-9H2,1H3. The Morgan fingerprint density at radius 1 is 1.33 bits per heavy atom. The zero-order valence-corrected chi connectivity index (χ0v) is 14.3. The third kappa shape index (κ3) is 2.86. The molecule has 0 spiro atoms. The third-order valence-corrected chi connectivity index (χ3v) is 5.57. The van der Waals surface area contributed by atoms with Crippen LogP contribution in [0.15, 0.2) is 16.9 Å². The van der Waals surface area contributed by atoms with Gasteiger partial charge in [0.1, 0.15) is 4.88 Å². The van der Waals surface area contributed by atoms with E-state index in [1.165, 1.54) is 4.68 Å². The van der Waals surface area contributed by atoms with Crippen molar-refractivity contribution in [3.63, 3.8) is 0 Å². The van der Waals surface area contributed by atoms with Crippen LogP contribution in [0.3, 0.4) is 0 Å². The van der Waals surface area contributed by atoms with Crippen molar-refractivity contribution < 1.29 is 4.79 Å². The molecule has 1 atom stereocenters. The lowest BCUT2D eigenvalue weighted by Gasteiger charge is -2.24. The highest BCUT2D eigenvalue weighted by molar-refractivity contribution is 7.07. The van der Waals surface area contributed by atoms with Crippen LogP contribution in [0.1, 0.15) is 52.7 Å². The van der Waals surface area contributed by atoms with E-state index in [1.807, 2.05) is 11.0 Å². The predicted molar refractivity (Wildman–Crippen MR) is 89.2 cm³/mol. The first-order chi connectivity index (χ1) is 11.6. The molecule has 8 heteroatoms. The number of aryl methyl sites for hydroxylation is 1. The molecule has 4 rings (SSSR count). The minimum Gasteiger partial charge on any atom is -0.333 e. The summed E-state index contributed by atoms with van der Waals surface area (Å²) in [6, 6.07) is 3.43. The number of rotatable bonds is 4. The fraction of sp³-hybridized carbons (Fsp3) is 0.562. The van der Waals surface area contributed by atoms with Crippen LogP contribution >= 0.6 is 11.5 Å². The van der Waals surface area contributed by atoms with Crippen LogP contribution in [0.5, 0.6) is 0 Å². The van der Waals surface area contributed by atoms with Gasteiger partial charge in [-0.25, -0.2) is 4.68 Å². The quantitative estimate of drug-likeness (QED) is 0.840. The van der Waals surface area contributed by atoms with Gasteiger partial charge in [-0.15, -0.1) is 5.10 Å². The van der Waals surface area contributed by atoms with E-state index in [9.17, 15) is 9.59 Å². The number of carbonyl (C=O) groups excluding carboxylic acids is 1. The fourth-order valence-electron chi connectivity index (χ4n) is 3.24. The highest BCUT2D eigenvalue weighted by Gasteiger charge is 2.32. The molecule has 126 valence electrons. The first-order valence-corrected chi connectivity index (χ1v) is 9.09. The molecule has 2 aromatic rings. The van der Waals surface area contributed by atoms with Crippen molar-refractivity contribution >= 4 is 17.4 Å². The van der Waals surface area contributed by atoms with Gasteiger partial charge in [0.05, 0.1) is 24.0 Å². The van der Waals surface area contributed by atoms with Crippen LogP contribution in [0.25, 0.3) is 0 Å². The Hall–Kier alpha value is -2.09. The minimum atomic E-state index is -0.102. The van der Waals surface area contributed by atoms with Gasteiger partial charge in [0.15, 0.2) is 0 Å². The number of nitrogens with zero attached hydrogens (tertiary/aromatic N) is 5. The van der Waals surface area contributed by atoms with Crippen molar-refractivity contribution in [2.75, 3.05) is 6.54 Å². The molecule has 2 fully saturated rings. The van der Waals surface area contributed by atoms with Crippen molar-refractivity contribution in [3.8, 4) is 0 Å². The summed E-state index contributed by atoms with van der Waals surface area (Å²) in [6.45, 7) is 2.96. The molecule has 1 saturated heterocycles. The average Bonchev–Trinajstić information content (AvgIpc) is 3.17. The van der Waals surface area contributed by atoms with Gasteiger partial charge in [-0.2, -0.15) is 5.10 Å². The lowest BCUT2D eigenvalue weighted by molar-refractivity contribution is 0.0724. The SMILES string of the molecule is Cc1nnsc1C(=O)N1CCCC1Cn1nc(C2CC2)ccc1=O. The molecule has 3 heterocycles. The second kappa shape index (κ2) is 6.08. The Morgan fingerprint density at radius 2 is 2.17 bits per heavy atom. The molecule has 0 radical (unpaired) electrons. The van der Waals surface area contributed by atoms with Crippen LogP contribution in [0, 0.1) is 6.92 Å². The molecule has 1 saturated carbocycles. The summed E-state index contributed by atoms with van der Waals surface area (Å²) in [5, 5.41) is 8.44. The first-order valence-electron chi connectivity index (χ1n) is 8.31. The maximum Gasteiger partial charge on any atom is 0.267 e. The molecule has 1 aliphatic heterocycles. The van der Waals surface area contributed by atoms with E-state index in [4.69, 9.17) is 0 Å². The summed E-state index contributed by atoms with van der Waals surface area (Å²) in [7, 11) is 0. The second-order valence-electron chi connectivity index (χ2n) is 6.53. The number of carbonyl (C=O) groups is 1. The van der Waals surface area contributed by atoms with Gasteiger partial charge in [-0.3, -0.25) is 9.59 Å². The highest BCUT2D eigenvalue weighted by atomic mass is 32.1. The molecule has 2 aliphatic rings. The van der Waals surface area contributed by atoms with Crippen molar-refractivity contribution in [2.24, 2.45) is 0 Å². The number of likely N-dealkylation sites (tertiary alicyclic amines) is 1. The van der Waals surface area contributed by atoms with E-state index in [-0.39, 0.29) is 17.5 Å². The monoisotopic (exact) mass is 345 g/mol. The lowest BCUT2D eigenvalue weighted by Crippen LogP contribution is -2.40. The Morgan fingerprint density at radius 3 is 2.88 bits per heavy atom. The van der Waals surface area contributed by atoms with E-state index < -0.39 is 0 Å². The first kappa shape index (κ1) is 15.4. The maximum absolute atomic E-state index is 12.7. The smallest absolute Gasteiger partial charge is 0.267 e. The fourth-order valence-corrected chi connectivity index (χ4v) is 3.86. The molecule has 0 N–H and O–H groups in total. The molecule has 0 aromatic carbocycles. The molecular weight excluding hydrogens is 326 g/mol. The zero-order chi connectivity index (χ0) is 16.7. The number of hydrogen-bond donors (Lipinski definition) is 0. The molecule has 0 bridgehead atoms. The van der Waals surface area contributed by atoms with Crippen molar-refractivity contribution in [1.82, 2.24) is 24.3 Å². The number of aromatic nitrogens is 4. The van der Waals surface area contributed by atoms with Gasteiger partial charge < -0.3 is 4.90 Å². The predicted octanol–water partition coefficient (Wildman–Crippen LogP) is 1.59. The summed E-state index contributed by atoms with van der Waals surface area (Å²) in [6.07, 6.45) is 4.13. The molecule has 24 heavy (non-hydrogen) atoms. The largest absolute Gasteiger partial charge is 0.333 e. The topological polar surface area (TPSA) is 81.0 Å². The Bertz CT molecular complexity index is 826. The van der Waals surface area contributed by atoms with E-state index in [2.05, 4.69) is 14.7 Å². The van der Waals surface area contributed by atoms with Crippen molar-refractivity contribution in [2.45, 2.75) is 51.1 Å². The molecule has 7 nitrogen and oxygen atoms in total. The van der Waals surface area contributed by atoms with Crippen LogP contribution < -0.4 is 5.56 Å². The molecule has 1 aliphatic carbocycles. The minimum absolute atomic E-state index is 0.00125. The molecule has 1 amide bonds. The summed E-state index contributed by atoms with van der Waals surface area (Å²) in [5.74, 6) is 0.473. The van der Waals surface area contributed by atoms with Gasteiger partial charge in [0, 0.05) is 18.5 Å². The normalized spacial score (nSPS) is 20.5. The molecule has 2 aromatic heterocycles. The Kier molecular flexibility index (Phi) is 3.91. The Balaban J connectivity index is 1.55. The number of hydrogen-bond acceptors (Lipinski definition) is 6. The maximum atomic E-state index is 12.7. The van der Waals surface area contributed by atoms with Gasteiger partial charge in [-0.1, -0.05) is 4.49 Å². The van der Waals surface area contributed by atoms with Crippen molar-refractivity contribution in [1.29, 1.82) is 0 Å². The summed E-state index contributed by atoms with van der Waals surface area (Å²) >= 11 is 1.13. The molecular formula is C16H19N5O2S. The van der Waals surface area contributed by atoms with E-state index >= 15 is 0 Å². The lowest BCUT2D eigenvalue weighted by atomic mass is 10.2. The zero-order valence-electron chi connectivity index (χ0n) is 13.5. The van der Waals surface area contributed by atoms with E-state index in [0.29, 0.717) is 29.6 Å². The summed E-state index contributed by atoms with van der Waals surface area (Å²) in [4.78, 5) is 27.3. The van der Waals surface area contributed by atoms with Gasteiger partial charge >= 0.3 is 0 Å². The van der Waals surface area contributed by atoms with Gasteiger partial charge in [0.2, 0.25) is 0 Å². The van der Waals surface area contributed by atoms with Crippen LogP contribution in [-0.4, -0.2) is 42.8 Å². The van der Waals surface area contributed by atoms with E-state index in [0.717, 1.165) is 42.9 Å². The highest BCUT2D eigenvalue weighted by Crippen LogP contribution is 2.38. The van der Waals surface area contributed by atoms with Crippen LogP contribution in [0.4, 0.5) is 0 Å². The summed E-state index contributed by atoms with van der Waals surface area (Å²) < 4.78 is 5.38. The molecule has 1 unspecified atom stereocenters. The number of amides is 1. The Labute approximate surface area is 143 Å². The second-order valence-corrected chi connectivity index (χ2v) is 7.29. The van der Waals surface area contributed by atoms with E-state index in [1.54, 1.807) is 13.0 Å². The average molecular weight is 345 g/mol. The van der Waals surface area contributed by atoms with Crippen LogP contribution in [0.2, 0.25) is 0 Å². The van der Waals surface area contributed by atoms with Gasteiger partial charge in [-0.05, 0) is 50.2 Å². The third-order valence-electron chi connectivity index (χ3n) is 4.75.